The second-order valence-corrected chi connectivity index (χ2v) is 7.30. The molecule has 3 rings (SSSR count). The lowest BCUT2D eigenvalue weighted by atomic mass is 10.1. The number of likely N-dealkylation sites (tertiary alicyclic amines) is 1. The van der Waals surface area contributed by atoms with E-state index < -0.39 is 6.10 Å². The lowest BCUT2D eigenvalue weighted by molar-refractivity contribution is 0.142. The molecule has 5 nitrogen and oxygen atoms in total. The highest BCUT2D eigenvalue weighted by atomic mass is 32.1. The number of aliphatic hydroxyl groups excluding tert-OH is 1. The molecular formula is C18H23N3O2S. The Bertz CT molecular complexity index is 700. The molecule has 1 aromatic carbocycles. The average Bonchev–Trinajstić information content (AvgIpc) is 3.15. The summed E-state index contributed by atoms with van der Waals surface area (Å²) in [6.45, 7) is 4.43. The van der Waals surface area contributed by atoms with E-state index in [1.807, 2.05) is 42.2 Å². The van der Waals surface area contributed by atoms with Gasteiger partial charge in [-0.3, -0.25) is 5.32 Å². The van der Waals surface area contributed by atoms with Gasteiger partial charge in [0, 0.05) is 18.2 Å². The molecule has 2 atom stereocenters. The number of hydrogen-bond acceptors (Lipinski definition) is 4. The molecule has 2 aromatic rings. The van der Waals surface area contributed by atoms with E-state index in [0.29, 0.717) is 6.42 Å². The van der Waals surface area contributed by atoms with Crippen LogP contribution in [0.1, 0.15) is 31.9 Å². The third-order valence-corrected chi connectivity index (χ3v) is 5.41. The second kappa shape index (κ2) is 7.32. The van der Waals surface area contributed by atoms with Gasteiger partial charge in [-0.15, -0.1) is 0 Å². The summed E-state index contributed by atoms with van der Waals surface area (Å²) < 4.78 is 0. The molecule has 2 amide bonds. The van der Waals surface area contributed by atoms with Crippen LogP contribution in [0, 0.1) is 6.92 Å². The predicted molar refractivity (Wildman–Crippen MR) is 97.3 cm³/mol. The predicted octanol–water partition coefficient (Wildman–Crippen LogP) is 3.89. The van der Waals surface area contributed by atoms with E-state index in [9.17, 15) is 9.90 Å². The number of aliphatic hydroxyl groups is 1. The van der Waals surface area contributed by atoms with Crippen molar-refractivity contribution in [1.29, 1.82) is 0 Å². The van der Waals surface area contributed by atoms with Gasteiger partial charge in [0.2, 0.25) is 0 Å². The van der Waals surface area contributed by atoms with E-state index in [2.05, 4.69) is 10.3 Å². The SMILES string of the molecule is Cc1nc(-c2ccccc2)sc1NC(=O)N1CCCC1CC(C)O. The number of aryl methyl sites for hydroxylation is 1. The first kappa shape index (κ1) is 16.9. The van der Waals surface area contributed by atoms with Crippen molar-refractivity contribution in [3.05, 3.63) is 36.0 Å². The van der Waals surface area contributed by atoms with Crippen molar-refractivity contribution in [2.45, 2.75) is 45.3 Å². The number of aromatic nitrogens is 1. The van der Waals surface area contributed by atoms with Crippen molar-refractivity contribution in [2.24, 2.45) is 0 Å². The van der Waals surface area contributed by atoms with Gasteiger partial charge in [-0.05, 0) is 33.1 Å². The first-order valence-corrected chi connectivity index (χ1v) is 9.15. The Labute approximate surface area is 146 Å². The van der Waals surface area contributed by atoms with Crippen LogP contribution in [0.5, 0.6) is 0 Å². The van der Waals surface area contributed by atoms with Gasteiger partial charge in [-0.2, -0.15) is 0 Å². The highest BCUT2D eigenvalue weighted by Crippen LogP contribution is 2.32. The molecule has 2 unspecified atom stereocenters. The van der Waals surface area contributed by atoms with Gasteiger partial charge in [0.05, 0.1) is 11.8 Å². The van der Waals surface area contributed by atoms with Crippen LogP contribution in [0.3, 0.4) is 0 Å². The second-order valence-electron chi connectivity index (χ2n) is 6.30. The molecule has 0 saturated carbocycles. The van der Waals surface area contributed by atoms with Crippen molar-refractivity contribution < 1.29 is 9.90 Å². The number of urea groups is 1. The number of nitrogens with one attached hydrogen (secondary N) is 1. The minimum Gasteiger partial charge on any atom is -0.393 e. The highest BCUT2D eigenvalue weighted by Gasteiger charge is 2.30. The Balaban J connectivity index is 1.72. The molecule has 1 saturated heterocycles. The summed E-state index contributed by atoms with van der Waals surface area (Å²) in [5.41, 5.74) is 1.89. The third-order valence-electron chi connectivity index (χ3n) is 4.29. The van der Waals surface area contributed by atoms with Gasteiger partial charge < -0.3 is 10.0 Å². The van der Waals surface area contributed by atoms with Gasteiger partial charge in [0.1, 0.15) is 10.0 Å². The van der Waals surface area contributed by atoms with Crippen molar-refractivity contribution >= 4 is 22.4 Å². The first-order chi connectivity index (χ1) is 11.5. The van der Waals surface area contributed by atoms with Crippen molar-refractivity contribution in [3.63, 3.8) is 0 Å². The van der Waals surface area contributed by atoms with E-state index in [-0.39, 0.29) is 12.1 Å². The maximum atomic E-state index is 12.6. The highest BCUT2D eigenvalue weighted by molar-refractivity contribution is 7.19. The number of nitrogens with zero attached hydrogens (tertiary/aromatic N) is 2. The van der Waals surface area contributed by atoms with Crippen molar-refractivity contribution in [3.8, 4) is 10.6 Å². The summed E-state index contributed by atoms with van der Waals surface area (Å²) in [5, 5.41) is 14.3. The van der Waals surface area contributed by atoms with Crippen LogP contribution >= 0.6 is 11.3 Å². The van der Waals surface area contributed by atoms with Gasteiger partial charge in [-0.25, -0.2) is 9.78 Å². The van der Waals surface area contributed by atoms with Gasteiger partial charge in [0.15, 0.2) is 0 Å². The minimum atomic E-state index is -0.391. The van der Waals surface area contributed by atoms with E-state index in [1.165, 1.54) is 11.3 Å². The van der Waals surface area contributed by atoms with Gasteiger partial charge in [0.25, 0.3) is 0 Å². The Kier molecular flexibility index (Phi) is 5.16. The number of carbonyl (C=O) groups is 1. The number of thiazole rings is 1. The lowest BCUT2D eigenvalue weighted by Crippen LogP contribution is -2.40. The zero-order valence-corrected chi connectivity index (χ0v) is 14.8. The smallest absolute Gasteiger partial charge is 0.322 e. The molecule has 2 N–H and O–H groups in total. The van der Waals surface area contributed by atoms with Crippen LogP contribution in [0.2, 0.25) is 0 Å². The summed E-state index contributed by atoms with van der Waals surface area (Å²) in [5.74, 6) is 0. The van der Waals surface area contributed by atoms with E-state index >= 15 is 0 Å². The molecule has 0 aliphatic carbocycles. The lowest BCUT2D eigenvalue weighted by Gasteiger charge is -2.25. The Morgan fingerprint density at radius 2 is 2.21 bits per heavy atom. The van der Waals surface area contributed by atoms with E-state index in [4.69, 9.17) is 0 Å². The van der Waals surface area contributed by atoms with Crippen LogP contribution < -0.4 is 5.32 Å². The summed E-state index contributed by atoms with van der Waals surface area (Å²) in [6.07, 6.45) is 2.18. The molecule has 1 aliphatic rings. The zero-order valence-electron chi connectivity index (χ0n) is 14.0. The fraction of sp³-hybridized carbons (Fsp3) is 0.444. The maximum absolute atomic E-state index is 12.6. The molecule has 1 fully saturated rings. The summed E-state index contributed by atoms with van der Waals surface area (Å²) in [7, 11) is 0. The number of anilines is 1. The molecule has 6 heteroatoms. The largest absolute Gasteiger partial charge is 0.393 e. The number of rotatable bonds is 4. The van der Waals surface area contributed by atoms with Gasteiger partial charge >= 0.3 is 6.03 Å². The van der Waals surface area contributed by atoms with Crippen molar-refractivity contribution in [2.75, 3.05) is 11.9 Å². The standard InChI is InChI=1S/C18H23N3O2S/c1-12(22)11-15-9-6-10-21(15)18(23)20-16-13(2)19-17(24-16)14-7-4-3-5-8-14/h3-5,7-8,12,15,22H,6,9-11H2,1-2H3,(H,20,23). The fourth-order valence-corrected chi connectivity index (χ4v) is 4.09. The molecule has 24 heavy (non-hydrogen) atoms. The quantitative estimate of drug-likeness (QED) is 0.883. The molecule has 1 aliphatic heterocycles. The van der Waals surface area contributed by atoms with Crippen LogP contribution in [-0.2, 0) is 0 Å². The number of hydrogen-bond donors (Lipinski definition) is 2. The topological polar surface area (TPSA) is 65.5 Å². The number of benzene rings is 1. The monoisotopic (exact) mass is 345 g/mol. The minimum absolute atomic E-state index is 0.0930. The Hall–Kier alpha value is -1.92. The third kappa shape index (κ3) is 3.76. The van der Waals surface area contributed by atoms with Crippen LogP contribution in [0.4, 0.5) is 9.80 Å². The van der Waals surface area contributed by atoms with Crippen LogP contribution in [0.25, 0.3) is 10.6 Å². The summed E-state index contributed by atoms with van der Waals surface area (Å²) >= 11 is 1.50. The van der Waals surface area contributed by atoms with E-state index in [0.717, 1.165) is 40.7 Å². The van der Waals surface area contributed by atoms with Gasteiger partial charge in [-0.1, -0.05) is 41.7 Å². The average molecular weight is 345 g/mol. The maximum Gasteiger partial charge on any atom is 0.322 e. The Morgan fingerprint density at radius 1 is 1.46 bits per heavy atom. The molecule has 0 radical (unpaired) electrons. The molecule has 2 heterocycles. The molecule has 0 spiro atoms. The normalized spacial score (nSPS) is 18.6. The fourth-order valence-electron chi connectivity index (χ4n) is 3.13. The Morgan fingerprint density at radius 3 is 2.92 bits per heavy atom. The van der Waals surface area contributed by atoms with Crippen LogP contribution in [-0.4, -0.2) is 39.7 Å². The number of carbonyl (C=O) groups excluding carboxylic acids is 1. The summed E-state index contributed by atoms with van der Waals surface area (Å²) in [6, 6.07) is 10.00. The zero-order chi connectivity index (χ0) is 17.1. The van der Waals surface area contributed by atoms with E-state index in [1.54, 1.807) is 6.92 Å². The molecular weight excluding hydrogens is 322 g/mol. The molecule has 1 aromatic heterocycles. The first-order valence-electron chi connectivity index (χ1n) is 8.33. The number of amides is 2. The van der Waals surface area contributed by atoms with Crippen LogP contribution in [0.15, 0.2) is 30.3 Å². The molecule has 0 bridgehead atoms. The van der Waals surface area contributed by atoms with Crippen molar-refractivity contribution in [1.82, 2.24) is 9.88 Å². The molecule has 128 valence electrons. The summed E-state index contributed by atoms with van der Waals surface area (Å²) in [4.78, 5) is 19.0.